The van der Waals surface area contributed by atoms with E-state index in [0.29, 0.717) is 24.3 Å². The number of carbonyl (C=O) groups is 2. The van der Waals surface area contributed by atoms with E-state index < -0.39 is 0 Å². The largest absolute Gasteiger partial charge is 0.467 e. The number of hydrogen-bond acceptors (Lipinski definition) is 4. The smallest absolute Gasteiger partial charge is 0.272 e. The molecular formula is C21H21N5O3. The number of para-hydroxylation sites is 1. The van der Waals surface area contributed by atoms with Gasteiger partial charge >= 0.3 is 0 Å². The van der Waals surface area contributed by atoms with Gasteiger partial charge in [0.2, 0.25) is 5.91 Å². The van der Waals surface area contributed by atoms with Crippen LogP contribution in [0.3, 0.4) is 0 Å². The van der Waals surface area contributed by atoms with E-state index in [-0.39, 0.29) is 24.1 Å². The van der Waals surface area contributed by atoms with Gasteiger partial charge in [0.1, 0.15) is 11.5 Å². The number of amides is 2. The van der Waals surface area contributed by atoms with Crippen molar-refractivity contribution in [3.63, 3.8) is 0 Å². The maximum atomic E-state index is 12.5. The summed E-state index contributed by atoms with van der Waals surface area (Å²) in [4.78, 5) is 28.2. The van der Waals surface area contributed by atoms with Crippen LogP contribution in [0.25, 0.3) is 10.9 Å². The van der Waals surface area contributed by atoms with Gasteiger partial charge in [-0.25, -0.2) is 0 Å². The molecule has 3 heterocycles. The molecular weight excluding hydrogens is 370 g/mol. The minimum absolute atomic E-state index is 0.177. The molecule has 0 saturated carbocycles. The van der Waals surface area contributed by atoms with E-state index in [1.165, 1.54) is 10.9 Å². The van der Waals surface area contributed by atoms with Crippen molar-refractivity contribution < 1.29 is 14.0 Å². The van der Waals surface area contributed by atoms with E-state index in [2.05, 4.69) is 20.7 Å². The molecule has 2 amide bonds. The first-order valence-corrected chi connectivity index (χ1v) is 9.29. The second-order valence-corrected chi connectivity index (χ2v) is 6.70. The van der Waals surface area contributed by atoms with Crippen molar-refractivity contribution in [3.8, 4) is 0 Å². The summed E-state index contributed by atoms with van der Waals surface area (Å²) in [5, 5.41) is 10.8. The number of anilines is 1. The number of fused-ring (bicyclic) bond motifs is 1. The second-order valence-electron chi connectivity index (χ2n) is 6.70. The number of aromatic nitrogens is 3. The number of nitrogens with one attached hydrogen (secondary N) is 3. The molecule has 29 heavy (non-hydrogen) atoms. The fraction of sp³-hybridized carbons (Fsp3) is 0.190. The van der Waals surface area contributed by atoms with Crippen LogP contribution in [0.15, 0.2) is 59.5 Å². The highest BCUT2D eigenvalue weighted by atomic mass is 16.3. The van der Waals surface area contributed by atoms with Crippen molar-refractivity contribution in [3.05, 3.63) is 72.1 Å². The number of aryl methyl sites for hydroxylation is 2. The highest BCUT2D eigenvalue weighted by Gasteiger charge is 2.19. The summed E-state index contributed by atoms with van der Waals surface area (Å²) in [7, 11) is 1.66. The Kier molecular flexibility index (Phi) is 5.15. The molecule has 4 rings (SSSR count). The Morgan fingerprint density at radius 1 is 1.21 bits per heavy atom. The van der Waals surface area contributed by atoms with Gasteiger partial charge in [-0.05, 0) is 30.2 Å². The molecule has 148 valence electrons. The number of rotatable bonds is 7. The van der Waals surface area contributed by atoms with Crippen molar-refractivity contribution in [2.24, 2.45) is 7.05 Å². The van der Waals surface area contributed by atoms with Crippen molar-refractivity contribution in [2.45, 2.75) is 19.4 Å². The lowest BCUT2D eigenvalue weighted by atomic mass is 10.1. The van der Waals surface area contributed by atoms with Crippen LogP contribution in [0.1, 0.15) is 28.2 Å². The molecule has 3 N–H and O–H groups in total. The van der Waals surface area contributed by atoms with Gasteiger partial charge in [0.05, 0.1) is 24.7 Å². The molecule has 0 unspecified atom stereocenters. The Hall–Kier alpha value is -3.81. The monoisotopic (exact) mass is 391 g/mol. The number of H-pyrrole nitrogens is 1. The molecule has 0 aliphatic carbocycles. The molecule has 8 nitrogen and oxygen atoms in total. The molecule has 8 heteroatoms. The number of benzene rings is 1. The molecule has 0 atom stereocenters. The average Bonchev–Trinajstić information content (AvgIpc) is 3.45. The van der Waals surface area contributed by atoms with E-state index in [1.807, 2.05) is 30.5 Å². The summed E-state index contributed by atoms with van der Waals surface area (Å²) >= 11 is 0. The standard InChI is InChI=1S/C21H21N5O3/c1-26-20(21(28)23-12-15-5-4-10-29-15)18(13-24-26)25-19(27)9-8-14-11-22-17-7-3-2-6-16(14)17/h2-7,10-11,13,22H,8-9,12H2,1H3,(H,23,28)(H,25,27). The Morgan fingerprint density at radius 2 is 2.07 bits per heavy atom. The molecule has 0 spiro atoms. The summed E-state index contributed by atoms with van der Waals surface area (Å²) in [6, 6.07) is 11.5. The number of carbonyl (C=O) groups excluding carboxylic acids is 2. The third-order valence-electron chi connectivity index (χ3n) is 4.73. The van der Waals surface area contributed by atoms with Crippen LogP contribution in [0.4, 0.5) is 5.69 Å². The van der Waals surface area contributed by atoms with Gasteiger partial charge in [-0.15, -0.1) is 0 Å². The molecule has 1 aromatic carbocycles. The highest BCUT2D eigenvalue weighted by Crippen LogP contribution is 2.20. The number of nitrogens with zero attached hydrogens (tertiary/aromatic N) is 2. The molecule has 0 saturated heterocycles. The SMILES string of the molecule is Cn1ncc(NC(=O)CCc2c[nH]c3ccccc23)c1C(=O)NCc1ccco1. The summed E-state index contributed by atoms with van der Waals surface area (Å²) in [6.45, 7) is 0.255. The van der Waals surface area contributed by atoms with E-state index in [0.717, 1.165) is 16.5 Å². The lowest BCUT2D eigenvalue weighted by Crippen LogP contribution is -2.26. The first kappa shape index (κ1) is 18.5. The average molecular weight is 391 g/mol. The lowest BCUT2D eigenvalue weighted by molar-refractivity contribution is -0.116. The van der Waals surface area contributed by atoms with Crippen LogP contribution in [-0.4, -0.2) is 26.6 Å². The van der Waals surface area contributed by atoms with Crippen LogP contribution in [0, 0.1) is 0 Å². The van der Waals surface area contributed by atoms with Crippen molar-refractivity contribution >= 4 is 28.4 Å². The van der Waals surface area contributed by atoms with Gasteiger partial charge in [-0.1, -0.05) is 18.2 Å². The van der Waals surface area contributed by atoms with Gasteiger partial charge in [-0.3, -0.25) is 14.3 Å². The number of aromatic amines is 1. The predicted octanol–water partition coefficient (Wildman–Crippen LogP) is 3.00. The molecule has 0 fully saturated rings. The second kappa shape index (κ2) is 8.05. The van der Waals surface area contributed by atoms with Crippen LogP contribution in [0.2, 0.25) is 0 Å². The van der Waals surface area contributed by atoms with E-state index in [4.69, 9.17) is 4.42 Å². The van der Waals surface area contributed by atoms with Gasteiger partial charge < -0.3 is 20.0 Å². The van der Waals surface area contributed by atoms with Crippen molar-refractivity contribution in [1.82, 2.24) is 20.1 Å². The molecule has 0 aliphatic heterocycles. The zero-order chi connectivity index (χ0) is 20.2. The van der Waals surface area contributed by atoms with Crippen molar-refractivity contribution in [2.75, 3.05) is 5.32 Å². The normalized spacial score (nSPS) is 10.9. The maximum Gasteiger partial charge on any atom is 0.272 e. The van der Waals surface area contributed by atoms with Crippen LogP contribution >= 0.6 is 0 Å². The van der Waals surface area contributed by atoms with Gasteiger partial charge in [0, 0.05) is 30.6 Å². The number of furan rings is 1. The van der Waals surface area contributed by atoms with E-state index in [1.54, 1.807) is 25.4 Å². The number of hydrogen-bond donors (Lipinski definition) is 3. The van der Waals surface area contributed by atoms with Gasteiger partial charge in [0.25, 0.3) is 5.91 Å². The Labute approximate surface area is 166 Å². The molecule has 0 bridgehead atoms. The van der Waals surface area contributed by atoms with Gasteiger partial charge in [0.15, 0.2) is 0 Å². The first-order valence-electron chi connectivity index (χ1n) is 9.29. The fourth-order valence-electron chi connectivity index (χ4n) is 3.26. The van der Waals surface area contributed by atoms with E-state index in [9.17, 15) is 9.59 Å². The predicted molar refractivity (Wildman–Crippen MR) is 108 cm³/mol. The highest BCUT2D eigenvalue weighted by molar-refractivity contribution is 6.02. The van der Waals surface area contributed by atoms with Crippen LogP contribution < -0.4 is 10.6 Å². The molecule has 3 aromatic heterocycles. The van der Waals surface area contributed by atoms with Gasteiger partial charge in [-0.2, -0.15) is 5.10 Å². The lowest BCUT2D eigenvalue weighted by Gasteiger charge is -2.08. The Bertz CT molecular complexity index is 1140. The zero-order valence-electron chi connectivity index (χ0n) is 15.9. The zero-order valence-corrected chi connectivity index (χ0v) is 15.9. The minimum atomic E-state index is -0.340. The molecule has 0 aliphatic rings. The Balaban J connectivity index is 1.38. The first-order chi connectivity index (χ1) is 14.1. The fourth-order valence-corrected chi connectivity index (χ4v) is 3.26. The minimum Gasteiger partial charge on any atom is -0.467 e. The topological polar surface area (TPSA) is 105 Å². The quantitative estimate of drug-likeness (QED) is 0.450. The summed E-state index contributed by atoms with van der Waals surface area (Å²) in [6.07, 6.45) is 5.84. The van der Waals surface area contributed by atoms with Crippen molar-refractivity contribution in [1.29, 1.82) is 0 Å². The third-order valence-corrected chi connectivity index (χ3v) is 4.73. The van der Waals surface area contributed by atoms with Crippen LogP contribution in [0.5, 0.6) is 0 Å². The summed E-state index contributed by atoms with van der Waals surface area (Å²) in [5.41, 5.74) is 2.80. The maximum absolute atomic E-state index is 12.5. The third kappa shape index (κ3) is 4.06. The van der Waals surface area contributed by atoms with E-state index >= 15 is 0 Å². The summed E-state index contributed by atoms with van der Waals surface area (Å²) in [5.74, 6) is 0.126. The Morgan fingerprint density at radius 3 is 2.90 bits per heavy atom. The molecule has 0 radical (unpaired) electrons. The summed E-state index contributed by atoms with van der Waals surface area (Å²) < 4.78 is 6.65. The molecule has 4 aromatic rings. The van der Waals surface area contributed by atoms with Crippen LogP contribution in [-0.2, 0) is 24.8 Å².